The Kier molecular flexibility index (Phi) is 4.55. The minimum absolute atomic E-state index is 0.0753. The quantitative estimate of drug-likeness (QED) is 0.866. The van der Waals surface area contributed by atoms with E-state index in [9.17, 15) is 9.59 Å². The van der Waals surface area contributed by atoms with E-state index in [1.807, 2.05) is 19.1 Å². The second-order valence-electron chi connectivity index (χ2n) is 5.72. The number of carbonyl (C=O) groups excluding carboxylic acids is 2. The van der Waals surface area contributed by atoms with E-state index in [2.05, 4.69) is 0 Å². The largest absolute Gasteiger partial charge is 0.496 e. The number of piperazine rings is 1. The summed E-state index contributed by atoms with van der Waals surface area (Å²) in [5, 5.41) is 0. The van der Waals surface area contributed by atoms with Crippen LogP contribution in [0.2, 0.25) is 0 Å². The summed E-state index contributed by atoms with van der Waals surface area (Å²) < 4.78 is 10.5. The molecule has 2 amide bonds. The Labute approximate surface area is 140 Å². The summed E-state index contributed by atoms with van der Waals surface area (Å²) in [5.41, 5.74) is 1.37. The molecule has 0 radical (unpaired) electrons. The molecule has 0 saturated carbocycles. The fourth-order valence-corrected chi connectivity index (χ4v) is 2.84. The number of carbonyl (C=O) groups is 2. The van der Waals surface area contributed by atoms with Crippen molar-refractivity contribution in [2.75, 3.05) is 33.3 Å². The Hall–Kier alpha value is -2.76. The van der Waals surface area contributed by atoms with Crippen LogP contribution in [0.1, 0.15) is 26.5 Å². The molecule has 6 heteroatoms. The highest BCUT2D eigenvalue weighted by molar-refractivity contribution is 5.97. The van der Waals surface area contributed by atoms with Gasteiger partial charge in [-0.1, -0.05) is 12.1 Å². The first-order valence-corrected chi connectivity index (χ1v) is 7.87. The van der Waals surface area contributed by atoms with Crippen LogP contribution in [0, 0.1) is 6.92 Å². The Balaban J connectivity index is 1.66. The van der Waals surface area contributed by atoms with E-state index < -0.39 is 0 Å². The molecule has 1 aliphatic heterocycles. The number of ether oxygens (including phenoxy) is 1. The molecule has 3 rings (SSSR count). The van der Waals surface area contributed by atoms with Crippen molar-refractivity contribution in [2.45, 2.75) is 6.92 Å². The van der Waals surface area contributed by atoms with Crippen molar-refractivity contribution in [3.05, 3.63) is 53.5 Å². The summed E-state index contributed by atoms with van der Waals surface area (Å²) in [6, 6.07) is 8.94. The molecule has 0 N–H and O–H groups in total. The number of furan rings is 1. The maximum Gasteiger partial charge on any atom is 0.289 e. The van der Waals surface area contributed by atoms with Gasteiger partial charge in [-0.05, 0) is 25.1 Å². The minimum Gasteiger partial charge on any atom is -0.496 e. The van der Waals surface area contributed by atoms with E-state index >= 15 is 0 Å². The van der Waals surface area contributed by atoms with Gasteiger partial charge in [0.2, 0.25) is 0 Å². The van der Waals surface area contributed by atoms with Crippen molar-refractivity contribution < 1.29 is 18.7 Å². The number of nitrogens with zero attached hydrogens (tertiary/aromatic N) is 2. The van der Waals surface area contributed by atoms with E-state index in [1.54, 1.807) is 35.1 Å². The van der Waals surface area contributed by atoms with Gasteiger partial charge in [-0.25, -0.2) is 0 Å². The fraction of sp³-hybridized carbons (Fsp3) is 0.333. The first kappa shape index (κ1) is 16.1. The SMILES string of the molecule is COc1ccccc1C(=O)N1CCN(C(=O)c2occc2C)CC1. The van der Waals surface area contributed by atoms with Crippen LogP contribution in [-0.2, 0) is 0 Å². The zero-order valence-electron chi connectivity index (χ0n) is 13.8. The number of hydrogen-bond acceptors (Lipinski definition) is 4. The molecule has 1 aliphatic rings. The number of rotatable bonds is 3. The average molecular weight is 328 g/mol. The zero-order valence-corrected chi connectivity index (χ0v) is 13.8. The number of aryl methyl sites for hydroxylation is 1. The summed E-state index contributed by atoms with van der Waals surface area (Å²) in [6.07, 6.45) is 1.52. The topological polar surface area (TPSA) is 63.0 Å². The highest BCUT2D eigenvalue weighted by atomic mass is 16.5. The van der Waals surface area contributed by atoms with Crippen molar-refractivity contribution in [1.82, 2.24) is 9.80 Å². The predicted octanol–water partition coefficient (Wildman–Crippen LogP) is 2.19. The maximum atomic E-state index is 12.7. The summed E-state index contributed by atoms with van der Waals surface area (Å²) in [7, 11) is 1.55. The lowest BCUT2D eigenvalue weighted by Crippen LogP contribution is -2.50. The monoisotopic (exact) mass is 328 g/mol. The standard InChI is InChI=1S/C18H20N2O4/c1-13-7-12-24-16(13)18(22)20-10-8-19(9-11-20)17(21)14-5-3-4-6-15(14)23-2/h3-7,12H,8-11H2,1-2H3. The van der Waals surface area contributed by atoms with Gasteiger partial charge in [0.25, 0.3) is 11.8 Å². The van der Waals surface area contributed by atoms with Crippen LogP contribution in [-0.4, -0.2) is 54.9 Å². The van der Waals surface area contributed by atoms with Crippen LogP contribution >= 0.6 is 0 Å². The van der Waals surface area contributed by atoms with Crippen molar-refractivity contribution >= 4 is 11.8 Å². The maximum absolute atomic E-state index is 12.7. The lowest BCUT2D eigenvalue weighted by molar-refractivity contribution is 0.0516. The van der Waals surface area contributed by atoms with E-state index in [0.717, 1.165) is 5.56 Å². The molecule has 0 spiro atoms. The van der Waals surface area contributed by atoms with Crippen molar-refractivity contribution in [3.63, 3.8) is 0 Å². The molecule has 1 saturated heterocycles. The molecule has 6 nitrogen and oxygen atoms in total. The molecule has 126 valence electrons. The second-order valence-corrected chi connectivity index (χ2v) is 5.72. The van der Waals surface area contributed by atoms with Crippen LogP contribution in [0.15, 0.2) is 41.0 Å². The van der Waals surface area contributed by atoms with Crippen LogP contribution in [0.5, 0.6) is 5.75 Å². The molecule has 1 fully saturated rings. The number of methoxy groups -OCH3 is 1. The second kappa shape index (κ2) is 6.78. The average Bonchev–Trinajstić information content (AvgIpc) is 3.06. The highest BCUT2D eigenvalue weighted by Crippen LogP contribution is 2.21. The molecular weight excluding hydrogens is 308 g/mol. The molecule has 0 atom stereocenters. The normalized spacial score (nSPS) is 14.6. The molecule has 1 aromatic carbocycles. The van der Waals surface area contributed by atoms with Gasteiger partial charge in [0.15, 0.2) is 5.76 Å². The number of hydrogen-bond donors (Lipinski definition) is 0. The van der Waals surface area contributed by atoms with Gasteiger partial charge in [-0.2, -0.15) is 0 Å². The summed E-state index contributed by atoms with van der Waals surface area (Å²) >= 11 is 0. The molecule has 2 aromatic rings. The van der Waals surface area contributed by atoms with E-state index in [1.165, 1.54) is 6.26 Å². The molecule has 0 bridgehead atoms. The molecular formula is C18H20N2O4. The zero-order chi connectivity index (χ0) is 17.1. The van der Waals surface area contributed by atoms with Crippen molar-refractivity contribution in [2.24, 2.45) is 0 Å². The van der Waals surface area contributed by atoms with Crippen LogP contribution in [0.4, 0.5) is 0 Å². The van der Waals surface area contributed by atoms with E-state index in [4.69, 9.17) is 9.15 Å². The fourth-order valence-electron chi connectivity index (χ4n) is 2.84. The lowest BCUT2D eigenvalue weighted by Gasteiger charge is -2.34. The van der Waals surface area contributed by atoms with Crippen LogP contribution < -0.4 is 4.74 Å². The third-order valence-corrected chi connectivity index (χ3v) is 4.25. The lowest BCUT2D eigenvalue weighted by atomic mass is 10.1. The molecule has 1 aromatic heterocycles. The van der Waals surface area contributed by atoms with Crippen LogP contribution in [0.3, 0.4) is 0 Å². The predicted molar refractivity (Wildman–Crippen MR) is 88.2 cm³/mol. The van der Waals surface area contributed by atoms with Gasteiger partial charge < -0.3 is 19.0 Å². The van der Waals surface area contributed by atoms with Gasteiger partial charge in [-0.15, -0.1) is 0 Å². The van der Waals surface area contributed by atoms with E-state index in [0.29, 0.717) is 43.3 Å². The molecule has 2 heterocycles. The van der Waals surface area contributed by atoms with Gasteiger partial charge in [-0.3, -0.25) is 9.59 Å². The third-order valence-electron chi connectivity index (χ3n) is 4.25. The molecule has 0 unspecified atom stereocenters. The minimum atomic E-state index is -0.123. The van der Waals surface area contributed by atoms with Gasteiger partial charge in [0.05, 0.1) is 18.9 Å². The first-order chi connectivity index (χ1) is 11.6. The number of amides is 2. The summed E-state index contributed by atoms with van der Waals surface area (Å²) in [4.78, 5) is 28.6. The smallest absolute Gasteiger partial charge is 0.289 e. The van der Waals surface area contributed by atoms with Gasteiger partial charge >= 0.3 is 0 Å². The summed E-state index contributed by atoms with van der Waals surface area (Å²) in [6.45, 7) is 3.79. The molecule has 0 aliphatic carbocycles. The Bertz CT molecular complexity index is 745. The third kappa shape index (κ3) is 2.99. The summed E-state index contributed by atoms with van der Waals surface area (Å²) in [5.74, 6) is 0.738. The Morgan fingerprint density at radius 1 is 1.00 bits per heavy atom. The van der Waals surface area contributed by atoms with Gasteiger partial charge in [0, 0.05) is 31.7 Å². The van der Waals surface area contributed by atoms with E-state index in [-0.39, 0.29) is 11.8 Å². The van der Waals surface area contributed by atoms with Crippen molar-refractivity contribution in [3.8, 4) is 5.75 Å². The Morgan fingerprint density at radius 3 is 2.21 bits per heavy atom. The van der Waals surface area contributed by atoms with Gasteiger partial charge in [0.1, 0.15) is 5.75 Å². The highest BCUT2D eigenvalue weighted by Gasteiger charge is 2.28. The van der Waals surface area contributed by atoms with Crippen LogP contribution in [0.25, 0.3) is 0 Å². The number of benzene rings is 1. The first-order valence-electron chi connectivity index (χ1n) is 7.87. The van der Waals surface area contributed by atoms with Crippen molar-refractivity contribution in [1.29, 1.82) is 0 Å². The number of para-hydroxylation sites is 1. The molecule has 24 heavy (non-hydrogen) atoms. The Morgan fingerprint density at radius 2 is 1.62 bits per heavy atom.